The van der Waals surface area contributed by atoms with Gasteiger partial charge in [-0.05, 0) is 0 Å². The third kappa shape index (κ3) is 2.55. The minimum atomic E-state index is -2.54. The van der Waals surface area contributed by atoms with Crippen LogP contribution < -0.4 is 0 Å². The van der Waals surface area contributed by atoms with Gasteiger partial charge in [0.2, 0.25) is 0 Å². The van der Waals surface area contributed by atoms with Crippen LogP contribution in [0.1, 0.15) is 5.76 Å². The zero-order chi connectivity index (χ0) is 10.7. The van der Waals surface area contributed by atoms with Gasteiger partial charge < -0.3 is 9.42 Å². The third-order valence-electron chi connectivity index (χ3n) is 1.95. The molecule has 0 amide bonds. The van der Waals surface area contributed by atoms with E-state index in [9.17, 15) is 4.57 Å². The first-order valence-electron chi connectivity index (χ1n) is 4.48. The van der Waals surface area contributed by atoms with E-state index in [1.165, 1.54) is 0 Å². The first-order chi connectivity index (χ1) is 7.25. The van der Waals surface area contributed by atoms with E-state index in [4.69, 9.17) is 9.42 Å². The van der Waals surface area contributed by atoms with Gasteiger partial charge in [-0.15, -0.1) is 0 Å². The van der Waals surface area contributed by atoms with Crippen molar-refractivity contribution < 1.29 is 14.0 Å². The highest BCUT2D eigenvalue weighted by atomic mass is 31.1. The average Bonchev–Trinajstić information content (AvgIpc) is 2.67. The molecule has 15 heavy (non-hydrogen) atoms. The van der Waals surface area contributed by atoms with Crippen LogP contribution in [0.25, 0.3) is 11.3 Å². The van der Waals surface area contributed by atoms with Crippen LogP contribution in [0.4, 0.5) is 0 Å². The summed E-state index contributed by atoms with van der Waals surface area (Å²) in [5.41, 5.74) is 1.62. The van der Waals surface area contributed by atoms with Crippen LogP contribution in [0, 0.1) is 0 Å². The second-order valence-electron chi connectivity index (χ2n) is 3.12. The summed E-state index contributed by atoms with van der Waals surface area (Å²) in [7, 11) is -2.54. The van der Waals surface area contributed by atoms with Gasteiger partial charge in [0.1, 0.15) is 11.5 Å². The summed E-state index contributed by atoms with van der Waals surface area (Å²) < 4.78 is 15.6. The Balaban J connectivity index is 2.24. The number of rotatable bonds is 3. The van der Waals surface area contributed by atoms with Gasteiger partial charge in [-0.25, -0.2) is 0 Å². The summed E-state index contributed by atoms with van der Waals surface area (Å²) in [6.07, 6.45) is 0.0461. The van der Waals surface area contributed by atoms with Crippen LogP contribution in [0.15, 0.2) is 40.9 Å². The molecule has 1 aromatic carbocycles. The van der Waals surface area contributed by atoms with Gasteiger partial charge in [0, 0.05) is 11.6 Å². The molecule has 0 spiro atoms. The Labute approximate surface area is 87.4 Å². The van der Waals surface area contributed by atoms with Crippen molar-refractivity contribution in [1.82, 2.24) is 5.16 Å². The van der Waals surface area contributed by atoms with Crippen molar-refractivity contribution in [2.75, 3.05) is 0 Å². The molecule has 0 saturated heterocycles. The lowest BCUT2D eigenvalue weighted by molar-refractivity contribution is 0.391. The number of hydrogen-bond donors (Lipinski definition) is 1. The highest BCUT2D eigenvalue weighted by molar-refractivity contribution is 7.37. The average molecular weight is 223 g/mol. The zero-order valence-electron chi connectivity index (χ0n) is 7.88. The standard InChI is InChI=1S/C10H10NO3P/c12-15(13)7-9-6-10(11-14-9)8-4-2-1-3-5-8/h1-6,15H,7H2,(H,12,13). The number of aromatic nitrogens is 1. The molecule has 0 aliphatic carbocycles. The van der Waals surface area contributed by atoms with E-state index in [2.05, 4.69) is 5.16 Å². The molecule has 1 heterocycles. The van der Waals surface area contributed by atoms with Gasteiger partial charge in [0.25, 0.3) is 0 Å². The van der Waals surface area contributed by atoms with Crippen molar-refractivity contribution in [2.24, 2.45) is 0 Å². The molecule has 1 atom stereocenters. The summed E-state index contributed by atoms with van der Waals surface area (Å²) in [6.45, 7) is 0. The smallest absolute Gasteiger partial charge is 0.196 e. The molecule has 1 N–H and O–H groups in total. The van der Waals surface area contributed by atoms with Crippen molar-refractivity contribution in [3.63, 3.8) is 0 Å². The second kappa shape index (κ2) is 4.43. The minimum Gasteiger partial charge on any atom is -0.360 e. The number of nitrogens with zero attached hydrogens (tertiary/aromatic N) is 1. The van der Waals surface area contributed by atoms with E-state index in [0.29, 0.717) is 11.5 Å². The maximum Gasteiger partial charge on any atom is 0.196 e. The summed E-state index contributed by atoms with van der Waals surface area (Å²) in [5, 5.41) is 3.83. The molecule has 0 bridgehead atoms. The zero-order valence-corrected chi connectivity index (χ0v) is 8.88. The van der Waals surface area contributed by atoms with Crippen LogP contribution in [0.2, 0.25) is 0 Å². The number of benzene rings is 1. The van der Waals surface area contributed by atoms with E-state index in [0.717, 1.165) is 5.56 Å². The SMILES string of the molecule is O=[PH](O)Cc1cc(-c2ccccc2)no1. The Kier molecular flexibility index (Phi) is 2.99. The fraction of sp³-hybridized carbons (Fsp3) is 0.100. The Morgan fingerprint density at radius 1 is 1.33 bits per heavy atom. The van der Waals surface area contributed by atoms with Crippen molar-refractivity contribution >= 4 is 8.03 Å². The molecule has 0 fully saturated rings. The highest BCUT2D eigenvalue weighted by Crippen LogP contribution is 2.25. The summed E-state index contributed by atoms with van der Waals surface area (Å²) >= 11 is 0. The molecule has 0 radical (unpaired) electrons. The van der Waals surface area contributed by atoms with E-state index < -0.39 is 8.03 Å². The van der Waals surface area contributed by atoms with Gasteiger partial charge in [-0.1, -0.05) is 35.5 Å². The molecule has 5 heteroatoms. The summed E-state index contributed by atoms with van der Waals surface area (Å²) in [6, 6.07) is 11.2. The lowest BCUT2D eigenvalue weighted by Crippen LogP contribution is -1.74. The molecular weight excluding hydrogens is 213 g/mol. The molecule has 4 nitrogen and oxygen atoms in total. The van der Waals surface area contributed by atoms with E-state index in [1.54, 1.807) is 6.07 Å². The second-order valence-corrected chi connectivity index (χ2v) is 4.26. The molecule has 0 saturated carbocycles. The van der Waals surface area contributed by atoms with Crippen molar-refractivity contribution in [2.45, 2.75) is 6.16 Å². The summed E-state index contributed by atoms with van der Waals surface area (Å²) in [4.78, 5) is 8.74. The van der Waals surface area contributed by atoms with Crippen LogP contribution in [0.5, 0.6) is 0 Å². The largest absolute Gasteiger partial charge is 0.360 e. The van der Waals surface area contributed by atoms with Gasteiger partial charge in [0.15, 0.2) is 8.03 Å². The lowest BCUT2D eigenvalue weighted by atomic mass is 10.1. The Bertz CT molecular complexity index is 467. The van der Waals surface area contributed by atoms with E-state index in [1.807, 2.05) is 30.3 Å². The van der Waals surface area contributed by atoms with Crippen LogP contribution >= 0.6 is 8.03 Å². The lowest BCUT2D eigenvalue weighted by Gasteiger charge is -1.91. The summed E-state index contributed by atoms with van der Waals surface area (Å²) in [5.74, 6) is 0.445. The Morgan fingerprint density at radius 2 is 2.07 bits per heavy atom. The predicted molar refractivity (Wildman–Crippen MR) is 56.9 cm³/mol. The van der Waals surface area contributed by atoms with Gasteiger partial charge in [0.05, 0.1) is 6.16 Å². The molecule has 0 aliphatic heterocycles. The van der Waals surface area contributed by atoms with Gasteiger partial charge >= 0.3 is 0 Å². The first kappa shape index (κ1) is 10.1. The van der Waals surface area contributed by atoms with Crippen LogP contribution in [-0.2, 0) is 10.7 Å². The normalized spacial score (nSPS) is 12.6. The van der Waals surface area contributed by atoms with Crippen molar-refractivity contribution in [1.29, 1.82) is 0 Å². The molecule has 78 valence electrons. The molecule has 2 rings (SSSR count). The van der Waals surface area contributed by atoms with Crippen molar-refractivity contribution in [3.8, 4) is 11.3 Å². The van der Waals surface area contributed by atoms with Crippen molar-refractivity contribution in [3.05, 3.63) is 42.2 Å². The topological polar surface area (TPSA) is 63.3 Å². The molecule has 0 aliphatic rings. The monoisotopic (exact) mass is 223 g/mol. The Hall–Kier alpha value is -1.38. The quantitative estimate of drug-likeness (QED) is 0.811. The maximum absolute atomic E-state index is 10.6. The first-order valence-corrected chi connectivity index (χ1v) is 6.05. The molecule has 1 aromatic heterocycles. The number of hydrogen-bond acceptors (Lipinski definition) is 3. The van der Waals surface area contributed by atoms with Gasteiger partial charge in [-0.2, -0.15) is 0 Å². The Morgan fingerprint density at radius 3 is 2.73 bits per heavy atom. The van der Waals surface area contributed by atoms with Crippen LogP contribution in [-0.4, -0.2) is 10.1 Å². The van der Waals surface area contributed by atoms with E-state index in [-0.39, 0.29) is 6.16 Å². The molecule has 1 unspecified atom stereocenters. The molecular formula is C10H10NO3P. The fourth-order valence-corrected chi connectivity index (χ4v) is 1.76. The third-order valence-corrected chi connectivity index (χ3v) is 2.60. The predicted octanol–water partition coefficient (Wildman–Crippen LogP) is 2.31. The fourth-order valence-electron chi connectivity index (χ4n) is 1.29. The highest BCUT2D eigenvalue weighted by Gasteiger charge is 2.07. The maximum atomic E-state index is 10.6. The molecule has 2 aromatic rings. The minimum absolute atomic E-state index is 0.0461. The van der Waals surface area contributed by atoms with Gasteiger partial charge in [-0.3, -0.25) is 4.57 Å². The van der Waals surface area contributed by atoms with Crippen LogP contribution in [0.3, 0.4) is 0 Å². The van der Waals surface area contributed by atoms with E-state index >= 15 is 0 Å².